The van der Waals surface area contributed by atoms with Crippen LogP contribution in [-0.2, 0) is 12.8 Å². The van der Waals surface area contributed by atoms with Gasteiger partial charge in [0.05, 0.1) is 5.69 Å². The number of hydrogen-bond donors (Lipinski definition) is 1. The number of hydrogen-bond acceptors (Lipinski definition) is 4. The molecule has 0 fully saturated rings. The Morgan fingerprint density at radius 3 is 2.95 bits per heavy atom. The summed E-state index contributed by atoms with van der Waals surface area (Å²) >= 11 is 1.50. The average Bonchev–Trinajstić information content (AvgIpc) is 3.06. The summed E-state index contributed by atoms with van der Waals surface area (Å²) in [6, 6.07) is 0. The van der Waals surface area contributed by atoms with Gasteiger partial charge in [-0.05, 0) is 39.5 Å². The van der Waals surface area contributed by atoms with Gasteiger partial charge in [0.25, 0.3) is 5.91 Å². The van der Waals surface area contributed by atoms with Crippen LogP contribution in [0.1, 0.15) is 47.2 Å². The number of fused-ring (bicyclic) bond motifs is 1. The highest BCUT2D eigenvalue weighted by atomic mass is 32.1. The van der Waals surface area contributed by atoms with E-state index in [4.69, 9.17) is 0 Å². The van der Waals surface area contributed by atoms with Gasteiger partial charge in [-0.1, -0.05) is 0 Å². The third-order valence-electron chi connectivity index (χ3n) is 3.66. The second-order valence-corrected chi connectivity index (χ2v) is 5.89. The maximum atomic E-state index is 12.7. The van der Waals surface area contributed by atoms with Crippen molar-refractivity contribution in [3.8, 4) is 0 Å². The van der Waals surface area contributed by atoms with E-state index in [0.29, 0.717) is 12.2 Å². The molecule has 3 rings (SSSR count). The molecule has 6 heteroatoms. The summed E-state index contributed by atoms with van der Waals surface area (Å²) in [6.07, 6.45) is 4.25. The van der Waals surface area contributed by atoms with Gasteiger partial charge in [0, 0.05) is 23.2 Å². The van der Waals surface area contributed by atoms with Gasteiger partial charge in [0.2, 0.25) is 0 Å². The van der Waals surface area contributed by atoms with E-state index in [1.54, 1.807) is 4.90 Å². The smallest absolute Gasteiger partial charge is 0.280 e. The number of H-pyrrole nitrogens is 1. The summed E-state index contributed by atoms with van der Waals surface area (Å²) in [6.45, 7) is 4.51. The maximum Gasteiger partial charge on any atom is 0.280 e. The Bertz CT molecular complexity index is 631. The lowest BCUT2D eigenvalue weighted by Crippen LogP contribution is -2.31. The molecule has 0 saturated heterocycles. The molecular weight excluding hydrogens is 272 g/mol. The molecule has 2 aromatic rings. The predicted octanol–water partition coefficient (Wildman–Crippen LogP) is 2.72. The van der Waals surface area contributed by atoms with Crippen molar-refractivity contribution in [2.75, 3.05) is 11.4 Å². The first-order valence-corrected chi connectivity index (χ1v) is 7.88. The van der Waals surface area contributed by atoms with Crippen molar-refractivity contribution in [1.82, 2.24) is 15.2 Å². The first-order valence-electron chi connectivity index (χ1n) is 7.00. The Morgan fingerprint density at radius 2 is 2.25 bits per heavy atom. The zero-order chi connectivity index (χ0) is 14.1. The highest BCUT2D eigenvalue weighted by Gasteiger charge is 2.26. The van der Waals surface area contributed by atoms with E-state index in [0.717, 1.165) is 41.3 Å². The molecule has 0 bridgehead atoms. The molecule has 1 aliphatic rings. The number of aromatic nitrogens is 3. The van der Waals surface area contributed by atoms with Crippen molar-refractivity contribution in [1.29, 1.82) is 0 Å². The van der Waals surface area contributed by atoms with Crippen LogP contribution in [0.5, 0.6) is 0 Å². The Kier molecular flexibility index (Phi) is 3.56. The summed E-state index contributed by atoms with van der Waals surface area (Å²) in [5.74, 6) is -0.0405. The maximum absolute atomic E-state index is 12.7. The number of amides is 1. The van der Waals surface area contributed by atoms with Gasteiger partial charge in [0.1, 0.15) is 0 Å². The third kappa shape index (κ3) is 2.24. The molecule has 0 radical (unpaired) electrons. The average molecular weight is 290 g/mol. The number of rotatable bonds is 3. The van der Waals surface area contributed by atoms with Crippen LogP contribution in [-0.4, -0.2) is 27.6 Å². The monoisotopic (exact) mass is 290 g/mol. The molecule has 1 amide bonds. The largest absolute Gasteiger partial charge is 0.283 e. The lowest BCUT2D eigenvalue weighted by molar-refractivity contribution is 0.0982. The van der Waals surface area contributed by atoms with Gasteiger partial charge in [-0.15, -0.1) is 11.3 Å². The minimum atomic E-state index is -0.0405. The Hall–Kier alpha value is -1.69. The van der Waals surface area contributed by atoms with Crippen LogP contribution in [0.3, 0.4) is 0 Å². The second-order valence-electron chi connectivity index (χ2n) is 5.06. The number of carbonyl (C=O) groups excluding carboxylic acids is 1. The molecule has 5 nitrogen and oxygen atoms in total. The van der Waals surface area contributed by atoms with Crippen LogP contribution in [0.2, 0.25) is 0 Å². The van der Waals surface area contributed by atoms with Crippen molar-refractivity contribution < 1.29 is 4.79 Å². The number of aromatic amines is 1. The molecule has 0 atom stereocenters. The van der Waals surface area contributed by atoms with Crippen molar-refractivity contribution in [2.45, 2.75) is 39.5 Å². The highest BCUT2D eigenvalue weighted by molar-refractivity contribution is 7.14. The van der Waals surface area contributed by atoms with E-state index in [9.17, 15) is 4.79 Å². The Morgan fingerprint density at radius 1 is 1.45 bits per heavy atom. The van der Waals surface area contributed by atoms with Crippen LogP contribution < -0.4 is 4.90 Å². The molecule has 0 aromatic carbocycles. The van der Waals surface area contributed by atoms with E-state index in [1.165, 1.54) is 17.8 Å². The van der Waals surface area contributed by atoms with Gasteiger partial charge in [-0.25, -0.2) is 4.98 Å². The lowest BCUT2D eigenvalue weighted by atomic mass is 9.95. The first kappa shape index (κ1) is 13.3. The van der Waals surface area contributed by atoms with Crippen LogP contribution in [0.4, 0.5) is 5.13 Å². The SMILES string of the molecule is CCN(C(=O)c1n[nH]c2c1CCCC2)c1nc(C)cs1. The van der Waals surface area contributed by atoms with Gasteiger partial charge < -0.3 is 0 Å². The summed E-state index contributed by atoms with van der Waals surface area (Å²) < 4.78 is 0. The summed E-state index contributed by atoms with van der Waals surface area (Å²) in [5.41, 5.74) is 3.76. The zero-order valence-electron chi connectivity index (χ0n) is 11.8. The molecule has 2 heterocycles. The minimum Gasteiger partial charge on any atom is -0.283 e. The number of aryl methyl sites for hydroxylation is 2. The van der Waals surface area contributed by atoms with Crippen molar-refractivity contribution in [2.24, 2.45) is 0 Å². The molecule has 1 N–H and O–H groups in total. The van der Waals surface area contributed by atoms with E-state index >= 15 is 0 Å². The standard InChI is InChI=1S/C14H18N4OS/c1-3-18(14-15-9(2)8-20-14)13(19)12-10-6-4-5-7-11(10)16-17-12/h8H,3-7H2,1-2H3,(H,16,17). The van der Waals surface area contributed by atoms with Gasteiger partial charge in [0.15, 0.2) is 10.8 Å². The van der Waals surface area contributed by atoms with E-state index in [-0.39, 0.29) is 5.91 Å². The normalized spacial score (nSPS) is 14.1. The number of anilines is 1. The summed E-state index contributed by atoms with van der Waals surface area (Å²) in [7, 11) is 0. The predicted molar refractivity (Wildman–Crippen MR) is 79.4 cm³/mol. The fourth-order valence-electron chi connectivity index (χ4n) is 2.62. The van der Waals surface area contributed by atoms with Crippen LogP contribution in [0.15, 0.2) is 5.38 Å². The van der Waals surface area contributed by atoms with E-state index in [1.807, 2.05) is 19.2 Å². The molecule has 0 aliphatic heterocycles. The van der Waals surface area contributed by atoms with Crippen molar-refractivity contribution in [3.05, 3.63) is 28.0 Å². The number of carbonyl (C=O) groups is 1. The molecule has 20 heavy (non-hydrogen) atoms. The fourth-order valence-corrected chi connectivity index (χ4v) is 3.48. The van der Waals surface area contributed by atoms with Gasteiger partial charge in [-0.3, -0.25) is 14.8 Å². The quantitative estimate of drug-likeness (QED) is 0.945. The van der Waals surface area contributed by atoms with Crippen molar-refractivity contribution in [3.63, 3.8) is 0 Å². The summed E-state index contributed by atoms with van der Waals surface area (Å²) in [4.78, 5) is 18.9. The van der Waals surface area contributed by atoms with E-state index < -0.39 is 0 Å². The Balaban J connectivity index is 1.92. The molecule has 0 saturated carbocycles. The van der Waals surface area contributed by atoms with Crippen LogP contribution in [0.25, 0.3) is 0 Å². The second kappa shape index (κ2) is 5.36. The fraction of sp³-hybridized carbons (Fsp3) is 0.500. The van der Waals surface area contributed by atoms with Crippen molar-refractivity contribution >= 4 is 22.4 Å². The zero-order valence-corrected chi connectivity index (χ0v) is 12.6. The Labute approximate surface area is 122 Å². The summed E-state index contributed by atoms with van der Waals surface area (Å²) in [5, 5.41) is 10.0. The van der Waals surface area contributed by atoms with E-state index in [2.05, 4.69) is 15.2 Å². The molecular formula is C14H18N4OS. The van der Waals surface area contributed by atoms with Crippen LogP contribution >= 0.6 is 11.3 Å². The molecule has 1 aliphatic carbocycles. The van der Waals surface area contributed by atoms with Gasteiger partial charge in [-0.2, -0.15) is 5.10 Å². The molecule has 0 unspecified atom stereocenters. The topological polar surface area (TPSA) is 61.9 Å². The third-order valence-corrected chi connectivity index (χ3v) is 4.64. The number of nitrogens with one attached hydrogen (secondary N) is 1. The highest BCUT2D eigenvalue weighted by Crippen LogP contribution is 2.26. The molecule has 2 aromatic heterocycles. The van der Waals surface area contributed by atoms with Gasteiger partial charge >= 0.3 is 0 Å². The molecule has 0 spiro atoms. The minimum absolute atomic E-state index is 0.0405. The number of thiazole rings is 1. The van der Waals surface area contributed by atoms with Crippen LogP contribution in [0, 0.1) is 6.92 Å². The first-order chi connectivity index (χ1) is 9.70. The number of nitrogens with zero attached hydrogens (tertiary/aromatic N) is 3. The molecule has 106 valence electrons. The lowest BCUT2D eigenvalue weighted by Gasteiger charge is -2.18.